The summed E-state index contributed by atoms with van der Waals surface area (Å²) < 4.78 is 5.19. The van der Waals surface area contributed by atoms with Gasteiger partial charge < -0.3 is 25.4 Å². The van der Waals surface area contributed by atoms with Crippen LogP contribution in [-0.2, 0) is 14.4 Å². The molecule has 2 saturated heterocycles. The predicted octanol–water partition coefficient (Wildman–Crippen LogP) is 0.0518. The van der Waals surface area contributed by atoms with E-state index >= 15 is 0 Å². The molecular weight excluding hydrogens is 362 g/mol. The number of aliphatic hydroxyl groups excluding tert-OH is 1. The molecule has 0 radical (unpaired) electrons. The first-order valence-corrected chi connectivity index (χ1v) is 9.60. The Morgan fingerprint density at radius 1 is 1.18 bits per heavy atom. The van der Waals surface area contributed by atoms with Gasteiger partial charge in [-0.3, -0.25) is 14.4 Å². The summed E-state index contributed by atoms with van der Waals surface area (Å²) in [6.45, 7) is 0.396. The maximum absolute atomic E-state index is 13.0. The zero-order chi connectivity index (χ0) is 20.0. The third kappa shape index (κ3) is 3.11. The highest BCUT2D eigenvalue weighted by Gasteiger charge is 2.51. The van der Waals surface area contributed by atoms with Crippen LogP contribution in [0.1, 0.15) is 30.9 Å². The van der Waals surface area contributed by atoms with Crippen LogP contribution < -0.4 is 10.5 Å². The van der Waals surface area contributed by atoms with Gasteiger partial charge in [-0.2, -0.15) is 0 Å². The molecule has 3 fully saturated rings. The minimum atomic E-state index is -0.497. The summed E-state index contributed by atoms with van der Waals surface area (Å²) in [5.74, 6) is -0.708. The van der Waals surface area contributed by atoms with Gasteiger partial charge in [-0.15, -0.1) is 0 Å². The first-order valence-electron chi connectivity index (χ1n) is 9.60. The molecule has 2 heterocycles. The van der Waals surface area contributed by atoms with Crippen molar-refractivity contribution in [3.8, 4) is 5.75 Å². The van der Waals surface area contributed by atoms with E-state index < -0.39 is 24.0 Å². The molecule has 28 heavy (non-hydrogen) atoms. The molecule has 4 rings (SSSR count). The molecule has 8 heteroatoms. The molecule has 8 nitrogen and oxygen atoms in total. The average molecular weight is 387 g/mol. The third-order valence-corrected chi connectivity index (χ3v) is 6.24. The molecule has 1 aliphatic carbocycles. The summed E-state index contributed by atoms with van der Waals surface area (Å²) in [5, 5.41) is 9.46. The van der Waals surface area contributed by atoms with Crippen LogP contribution in [0.2, 0.25) is 0 Å². The lowest BCUT2D eigenvalue weighted by atomic mass is 9.81. The van der Waals surface area contributed by atoms with Gasteiger partial charge >= 0.3 is 0 Å². The van der Waals surface area contributed by atoms with Crippen molar-refractivity contribution in [1.29, 1.82) is 0 Å². The van der Waals surface area contributed by atoms with E-state index in [1.54, 1.807) is 29.0 Å². The van der Waals surface area contributed by atoms with Gasteiger partial charge in [0.15, 0.2) is 0 Å². The number of nitrogens with zero attached hydrogens (tertiary/aromatic N) is 2. The Kier molecular flexibility index (Phi) is 4.74. The van der Waals surface area contributed by atoms with Gasteiger partial charge in [0.25, 0.3) is 0 Å². The summed E-state index contributed by atoms with van der Waals surface area (Å²) in [6.07, 6.45) is 0.928. The number of aliphatic hydroxyl groups is 1. The van der Waals surface area contributed by atoms with E-state index in [0.29, 0.717) is 31.6 Å². The average Bonchev–Trinajstić information content (AvgIpc) is 3.05. The van der Waals surface area contributed by atoms with E-state index in [2.05, 4.69) is 0 Å². The first kappa shape index (κ1) is 18.7. The molecule has 3 amide bonds. The highest BCUT2D eigenvalue weighted by molar-refractivity contribution is 5.89. The maximum Gasteiger partial charge on any atom is 0.243 e. The lowest BCUT2D eigenvalue weighted by Gasteiger charge is -2.42. The van der Waals surface area contributed by atoms with Crippen molar-refractivity contribution in [3.63, 3.8) is 0 Å². The van der Waals surface area contributed by atoms with Crippen LogP contribution in [0.25, 0.3) is 0 Å². The van der Waals surface area contributed by atoms with Crippen LogP contribution >= 0.6 is 0 Å². The molecule has 2 unspecified atom stereocenters. The maximum atomic E-state index is 13.0. The molecular formula is C20H25N3O5. The van der Waals surface area contributed by atoms with Crippen LogP contribution in [0.15, 0.2) is 24.3 Å². The Morgan fingerprint density at radius 2 is 1.86 bits per heavy atom. The number of primary amides is 1. The van der Waals surface area contributed by atoms with Gasteiger partial charge in [-0.1, -0.05) is 12.1 Å². The van der Waals surface area contributed by atoms with Crippen LogP contribution in [-0.4, -0.2) is 65.0 Å². The van der Waals surface area contributed by atoms with Gasteiger partial charge in [-0.05, 0) is 37.0 Å². The topological polar surface area (TPSA) is 113 Å². The van der Waals surface area contributed by atoms with Crippen molar-refractivity contribution in [1.82, 2.24) is 9.80 Å². The van der Waals surface area contributed by atoms with Crippen LogP contribution in [0.4, 0.5) is 0 Å². The van der Waals surface area contributed by atoms with E-state index in [0.717, 1.165) is 5.56 Å². The number of carbonyl (C=O) groups excluding carboxylic acids is 3. The van der Waals surface area contributed by atoms with Gasteiger partial charge in [0.2, 0.25) is 17.7 Å². The van der Waals surface area contributed by atoms with Crippen LogP contribution in [0, 0.1) is 11.8 Å². The van der Waals surface area contributed by atoms with Crippen molar-refractivity contribution in [2.24, 2.45) is 17.6 Å². The first-order chi connectivity index (χ1) is 13.4. The molecule has 0 bridgehead atoms. The highest BCUT2D eigenvalue weighted by atomic mass is 16.5. The fourth-order valence-corrected chi connectivity index (χ4v) is 4.72. The molecule has 0 spiro atoms. The lowest BCUT2D eigenvalue weighted by Crippen LogP contribution is -2.58. The number of methoxy groups -OCH3 is 1. The van der Waals surface area contributed by atoms with Gasteiger partial charge in [0, 0.05) is 12.5 Å². The minimum Gasteiger partial charge on any atom is -0.497 e. The second-order valence-corrected chi connectivity index (χ2v) is 7.96. The van der Waals surface area contributed by atoms with Crippen LogP contribution in [0.5, 0.6) is 5.75 Å². The summed E-state index contributed by atoms with van der Waals surface area (Å²) in [6, 6.07) is 6.63. The van der Waals surface area contributed by atoms with Gasteiger partial charge in [-0.25, -0.2) is 0 Å². The van der Waals surface area contributed by atoms with Crippen molar-refractivity contribution >= 4 is 17.7 Å². The number of piperazine rings is 1. The van der Waals surface area contributed by atoms with Crippen LogP contribution in [0.3, 0.4) is 0 Å². The van der Waals surface area contributed by atoms with Crippen molar-refractivity contribution in [2.75, 3.05) is 20.2 Å². The molecule has 1 aromatic carbocycles. The van der Waals surface area contributed by atoms with Crippen molar-refractivity contribution in [2.45, 2.75) is 37.5 Å². The Labute approximate surface area is 163 Å². The number of hydrogen-bond donors (Lipinski definition) is 2. The number of fused-ring (bicyclic) bond motifs is 1. The van der Waals surface area contributed by atoms with Gasteiger partial charge in [0.05, 0.1) is 37.8 Å². The van der Waals surface area contributed by atoms with E-state index in [1.807, 2.05) is 12.1 Å². The van der Waals surface area contributed by atoms with E-state index in [-0.39, 0.29) is 30.3 Å². The molecule has 150 valence electrons. The number of amides is 3. The van der Waals surface area contributed by atoms with E-state index in [9.17, 15) is 19.5 Å². The zero-order valence-electron chi connectivity index (χ0n) is 15.8. The number of hydrogen-bond acceptors (Lipinski definition) is 5. The lowest BCUT2D eigenvalue weighted by molar-refractivity contribution is -0.154. The monoisotopic (exact) mass is 387 g/mol. The summed E-state index contributed by atoms with van der Waals surface area (Å²) in [5.41, 5.74) is 6.50. The number of ether oxygens (including phenoxy) is 1. The normalized spacial score (nSPS) is 31.9. The predicted molar refractivity (Wildman–Crippen MR) is 99.0 cm³/mol. The quantitative estimate of drug-likeness (QED) is 0.758. The highest BCUT2D eigenvalue weighted by Crippen LogP contribution is 2.43. The molecule has 0 aromatic heterocycles. The molecule has 1 aromatic rings. The standard InChI is InChI=1S/C20H25N3O5/c1-28-15-4-2-11(3-5-15)18-16(19(21)26)8-13-9-22(10-17(25)23(13)18)20(27)12-6-14(24)7-12/h2-5,12-14,16,18,24H,6-10H2,1H3,(H2,21,26)/t12?,13-,14?,16?,18?/m1/s1. The number of nitrogens with two attached hydrogens (primary N) is 1. The second-order valence-electron chi connectivity index (χ2n) is 7.96. The van der Waals surface area contributed by atoms with Crippen molar-refractivity contribution in [3.05, 3.63) is 29.8 Å². The SMILES string of the molecule is COc1ccc(C2C(C(N)=O)C[C@@H]3CN(C(=O)C4CC(O)C4)CC(=O)N23)cc1. The van der Waals surface area contributed by atoms with E-state index in [4.69, 9.17) is 10.5 Å². The fourth-order valence-electron chi connectivity index (χ4n) is 4.72. The molecule has 1 saturated carbocycles. The molecule has 3 aliphatic rings. The number of benzene rings is 1. The Bertz CT molecular complexity index is 790. The smallest absolute Gasteiger partial charge is 0.243 e. The molecule has 3 N–H and O–H groups in total. The number of rotatable bonds is 4. The summed E-state index contributed by atoms with van der Waals surface area (Å²) >= 11 is 0. The number of carbonyl (C=O) groups is 3. The summed E-state index contributed by atoms with van der Waals surface area (Å²) in [7, 11) is 1.58. The van der Waals surface area contributed by atoms with Crippen molar-refractivity contribution < 1.29 is 24.2 Å². The largest absolute Gasteiger partial charge is 0.497 e. The fraction of sp³-hybridized carbons (Fsp3) is 0.550. The Balaban J connectivity index is 1.57. The third-order valence-electron chi connectivity index (χ3n) is 6.24. The second kappa shape index (κ2) is 7.09. The zero-order valence-corrected chi connectivity index (χ0v) is 15.8. The van der Waals surface area contributed by atoms with E-state index in [1.165, 1.54) is 0 Å². The minimum absolute atomic E-state index is 0.0000646. The molecule has 2 aliphatic heterocycles. The van der Waals surface area contributed by atoms with Gasteiger partial charge in [0.1, 0.15) is 5.75 Å². The Hall–Kier alpha value is -2.61. The summed E-state index contributed by atoms with van der Waals surface area (Å²) in [4.78, 5) is 41.0. The Morgan fingerprint density at radius 3 is 2.43 bits per heavy atom. The molecule has 3 atom stereocenters.